The quantitative estimate of drug-likeness (QED) is 0.626. The smallest absolute Gasteiger partial charge is 0.229 e. The van der Waals surface area contributed by atoms with E-state index < -0.39 is 37.3 Å². The molecule has 1 aromatic heterocycles. The summed E-state index contributed by atoms with van der Waals surface area (Å²) in [4.78, 5) is 0.957. The summed E-state index contributed by atoms with van der Waals surface area (Å²) in [5.74, 6) is 0.549. The van der Waals surface area contributed by atoms with Crippen LogP contribution in [-0.2, 0) is 11.2 Å². The highest BCUT2D eigenvalue weighted by Crippen LogP contribution is 2.31. The third-order valence-electron chi connectivity index (χ3n) is 4.00. The van der Waals surface area contributed by atoms with Crippen LogP contribution in [0.4, 0.5) is 0 Å². The normalized spacial score (nSPS) is 30.2. The topological polar surface area (TPSA) is 99.4 Å². The predicted molar refractivity (Wildman–Crippen MR) is 88.0 cm³/mol. The average molecular weight is 352 g/mol. The van der Waals surface area contributed by atoms with Crippen LogP contribution in [0.2, 0.25) is 0 Å². The van der Waals surface area contributed by atoms with E-state index in [0.29, 0.717) is 12.2 Å². The van der Waals surface area contributed by atoms with E-state index in [-0.39, 0.29) is 0 Å². The van der Waals surface area contributed by atoms with Gasteiger partial charge in [-0.15, -0.1) is 11.3 Å². The minimum Gasteiger partial charge on any atom is -0.461 e. The van der Waals surface area contributed by atoms with Crippen molar-refractivity contribution in [3.05, 3.63) is 52.2 Å². The zero-order valence-corrected chi connectivity index (χ0v) is 13.7. The molecule has 130 valence electrons. The molecule has 0 spiro atoms. The van der Waals surface area contributed by atoms with Crippen LogP contribution in [0, 0.1) is 0 Å². The Kier molecular flexibility index (Phi) is 5.50. The Bertz CT molecular complexity index is 644. The summed E-state index contributed by atoms with van der Waals surface area (Å²) in [6.07, 6.45) is -5.72. The molecule has 2 heterocycles. The SMILES string of the molecule is OCC1OC(Oc2ccsc2Cc2ccccc2)C(O)C(O)C1O. The van der Waals surface area contributed by atoms with Crippen LogP contribution in [0.1, 0.15) is 10.4 Å². The van der Waals surface area contributed by atoms with Crippen LogP contribution in [-0.4, -0.2) is 57.7 Å². The van der Waals surface area contributed by atoms with Crippen LogP contribution in [0.25, 0.3) is 0 Å². The Morgan fingerprint density at radius 1 is 1.00 bits per heavy atom. The molecule has 0 amide bonds. The van der Waals surface area contributed by atoms with Crippen molar-refractivity contribution in [1.29, 1.82) is 0 Å². The second-order valence-corrected chi connectivity index (χ2v) is 6.69. The van der Waals surface area contributed by atoms with Gasteiger partial charge in [0.1, 0.15) is 30.2 Å². The van der Waals surface area contributed by atoms with Gasteiger partial charge in [-0.25, -0.2) is 0 Å². The van der Waals surface area contributed by atoms with E-state index in [9.17, 15) is 20.4 Å². The first-order valence-corrected chi connectivity index (χ1v) is 8.55. The van der Waals surface area contributed by atoms with Gasteiger partial charge in [0.15, 0.2) is 0 Å². The number of aliphatic hydroxyl groups is 4. The second-order valence-electron chi connectivity index (χ2n) is 5.69. The summed E-state index contributed by atoms with van der Waals surface area (Å²) in [6.45, 7) is -0.481. The number of hydrogen-bond acceptors (Lipinski definition) is 7. The van der Waals surface area contributed by atoms with E-state index in [1.165, 1.54) is 11.3 Å². The van der Waals surface area contributed by atoms with Crippen LogP contribution in [0.3, 0.4) is 0 Å². The van der Waals surface area contributed by atoms with Gasteiger partial charge < -0.3 is 29.9 Å². The van der Waals surface area contributed by atoms with Gasteiger partial charge in [0.25, 0.3) is 0 Å². The van der Waals surface area contributed by atoms with Crippen LogP contribution >= 0.6 is 11.3 Å². The van der Waals surface area contributed by atoms with E-state index in [1.807, 2.05) is 35.7 Å². The van der Waals surface area contributed by atoms with Gasteiger partial charge in [0.05, 0.1) is 11.5 Å². The molecule has 4 N–H and O–H groups in total. The lowest BCUT2D eigenvalue weighted by atomic mass is 9.99. The van der Waals surface area contributed by atoms with Crippen molar-refractivity contribution in [1.82, 2.24) is 0 Å². The molecule has 6 nitrogen and oxygen atoms in total. The van der Waals surface area contributed by atoms with Crippen molar-refractivity contribution >= 4 is 11.3 Å². The number of hydrogen-bond donors (Lipinski definition) is 4. The van der Waals surface area contributed by atoms with Crippen LogP contribution in [0.5, 0.6) is 5.75 Å². The first-order valence-electron chi connectivity index (χ1n) is 7.67. The van der Waals surface area contributed by atoms with Gasteiger partial charge in [0.2, 0.25) is 6.29 Å². The van der Waals surface area contributed by atoms with Crippen LogP contribution in [0.15, 0.2) is 41.8 Å². The average Bonchev–Trinajstić information content (AvgIpc) is 3.03. The molecule has 1 aliphatic heterocycles. The minimum atomic E-state index is -1.45. The molecule has 5 unspecified atom stereocenters. The highest BCUT2D eigenvalue weighted by atomic mass is 32.1. The number of thiophene rings is 1. The number of benzene rings is 1. The molecule has 1 aliphatic rings. The Hall–Kier alpha value is -1.48. The molecule has 0 radical (unpaired) electrons. The van der Waals surface area contributed by atoms with Crippen molar-refractivity contribution in [2.45, 2.75) is 37.1 Å². The minimum absolute atomic E-state index is 0.481. The van der Waals surface area contributed by atoms with Gasteiger partial charge in [-0.3, -0.25) is 0 Å². The summed E-state index contributed by atoms with van der Waals surface area (Å²) in [7, 11) is 0. The van der Waals surface area contributed by atoms with Gasteiger partial charge in [-0.2, -0.15) is 0 Å². The van der Waals surface area contributed by atoms with Crippen LogP contribution < -0.4 is 4.74 Å². The van der Waals surface area contributed by atoms with Crippen molar-refractivity contribution in [2.75, 3.05) is 6.61 Å². The summed E-state index contributed by atoms with van der Waals surface area (Å²) in [5.41, 5.74) is 1.12. The molecule has 3 rings (SSSR count). The number of ether oxygens (including phenoxy) is 2. The number of aliphatic hydroxyl groups excluding tert-OH is 4. The molecule has 5 atom stereocenters. The largest absolute Gasteiger partial charge is 0.461 e. The lowest BCUT2D eigenvalue weighted by Gasteiger charge is -2.39. The zero-order chi connectivity index (χ0) is 17.1. The fraction of sp³-hybridized carbons (Fsp3) is 0.412. The Labute approximate surface area is 143 Å². The molecule has 7 heteroatoms. The highest BCUT2D eigenvalue weighted by molar-refractivity contribution is 7.10. The van der Waals surface area contributed by atoms with Gasteiger partial charge in [-0.1, -0.05) is 30.3 Å². The van der Waals surface area contributed by atoms with Crippen molar-refractivity contribution < 1.29 is 29.9 Å². The lowest BCUT2D eigenvalue weighted by Crippen LogP contribution is -2.60. The Balaban J connectivity index is 1.73. The molecule has 1 fully saturated rings. The predicted octanol–water partition coefficient (Wildman–Crippen LogP) is 0.518. The molecule has 0 saturated carbocycles. The van der Waals surface area contributed by atoms with Gasteiger partial charge >= 0.3 is 0 Å². The maximum absolute atomic E-state index is 10.1. The van der Waals surface area contributed by atoms with E-state index in [0.717, 1.165) is 10.4 Å². The summed E-state index contributed by atoms with van der Waals surface area (Å²) < 4.78 is 11.1. The fourth-order valence-electron chi connectivity index (χ4n) is 2.63. The lowest BCUT2D eigenvalue weighted by molar-refractivity contribution is -0.277. The molecule has 0 aliphatic carbocycles. The molecule has 24 heavy (non-hydrogen) atoms. The van der Waals surface area contributed by atoms with Crippen molar-refractivity contribution in [2.24, 2.45) is 0 Å². The maximum atomic E-state index is 10.1. The fourth-order valence-corrected chi connectivity index (χ4v) is 3.47. The van der Waals surface area contributed by atoms with Gasteiger partial charge in [-0.05, 0) is 17.0 Å². The molecule has 0 bridgehead atoms. The number of rotatable bonds is 5. The first-order chi connectivity index (χ1) is 11.6. The zero-order valence-electron chi connectivity index (χ0n) is 12.9. The van der Waals surface area contributed by atoms with E-state index in [1.54, 1.807) is 6.07 Å². The van der Waals surface area contributed by atoms with Crippen molar-refractivity contribution in [3.8, 4) is 5.75 Å². The Morgan fingerprint density at radius 2 is 1.75 bits per heavy atom. The molecule has 2 aromatic rings. The third kappa shape index (κ3) is 3.61. The first kappa shape index (κ1) is 17.3. The molecular formula is C17H20O6S. The maximum Gasteiger partial charge on any atom is 0.229 e. The van der Waals surface area contributed by atoms with E-state index >= 15 is 0 Å². The van der Waals surface area contributed by atoms with Crippen molar-refractivity contribution in [3.63, 3.8) is 0 Å². The standard InChI is InChI=1S/C17H20O6S/c18-9-12-14(19)15(20)16(21)17(23-12)22-11-6-7-24-13(11)8-10-4-2-1-3-5-10/h1-7,12,14-21H,8-9H2. The Morgan fingerprint density at radius 3 is 2.46 bits per heavy atom. The molecular weight excluding hydrogens is 332 g/mol. The van der Waals surface area contributed by atoms with E-state index in [2.05, 4.69) is 0 Å². The monoisotopic (exact) mass is 352 g/mol. The molecule has 1 aromatic carbocycles. The molecule has 1 saturated heterocycles. The third-order valence-corrected chi connectivity index (χ3v) is 4.91. The second kappa shape index (κ2) is 7.60. The van der Waals surface area contributed by atoms with Gasteiger partial charge in [0, 0.05) is 6.42 Å². The van der Waals surface area contributed by atoms with E-state index in [4.69, 9.17) is 9.47 Å². The summed E-state index contributed by atoms with van der Waals surface area (Å²) in [6, 6.07) is 11.7. The summed E-state index contributed by atoms with van der Waals surface area (Å²) in [5, 5.41) is 40.8. The summed E-state index contributed by atoms with van der Waals surface area (Å²) >= 11 is 1.52. The highest BCUT2D eigenvalue weighted by Gasteiger charge is 2.44.